The largest absolute Gasteiger partial charge is 0.490 e. The summed E-state index contributed by atoms with van der Waals surface area (Å²) >= 11 is 0. The normalized spacial score (nSPS) is 29.7. The Bertz CT molecular complexity index is 436. The van der Waals surface area contributed by atoms with Crippen LogP contribution in [0.2, 0.25) is 0 Å². The third-order valence-electron chi connectivity index (χ3n) is 4.41. The Morgan fingerprint density at radius 1 is 1.26 bits per heavy atom. The Labute approximate surface area is 114 Å². The van der Waals surface area contributed by atoms with Gasteiger partial charge in [0, 0.05) is 11.6 Å². The fraction of sp³-hybridized carbons (Fsp3) is 0.625. The van der Waals surface area contributed by atoms with Crippen molar-refractivity contribution in [2.75, 3.05) is 6.61 Å². The van der Waals surface area contributed by atoms with Gasteiger partial charge >= 0.3 is 0 Å². The molecule has 2 aliphatic rings. The first-order valence-corrected chi connectivity index (χ1v) is 7.37. The molecule has 1 aliphatic heterocycles. The standard InChI is InChI=1S/C16H22O3/c1-2-11-3-5-12(6-4-11)19-13-7-8-14-15(17)10-18-16(14)9-13/h7-9,11-12,15,17H,2-6,10H2,1H3. The minimum Gasteiger partial charge on any atom is -0.490 e. The highest BCUT2D eigenvalue weighted by Crippen LogP contribution is 2.36. The lowest BCUT2D eigenvalue weighted by atomic mass is 9.86. The summed E-state index contributed by atoms with van der Waals surface area (Å²) in [5.41, 5.74) is 0.877. The van der Waals surface area contributed by atoms with Crippen LogP contribution < -0.4 is 9.47 Å². The maximum Gasteiger partial charge on any atom is 0.129 e. The summed E-state index contributed by atoms with van der Waals surface area (Å²) in [4.78, 5) is 0. The minimum atomic E-state index is -0.482. The van der Waals surface area contributed by atoms with Crippen molar-refractivity contribution in [3.63, 3.8) is 0 Å². The molecule has 1 N–H and O–H groups in total. The lowest BCUT2D eigenvalue weighted by Gasteiger charge is -2.28. The molecule has 3 heteroatoms. The molecule has 104 valence electrons. The van der Waals surface area contributed by atoms with Gasteiger partial charge in [-0.25, -0.2) is 0 Å². The van der Waals surface area contributed by atoms with Gasteiger partial charge in [0.05, 0.1) is 6.10 Å². The van der Waals surface area contributed by atoms with Crippen LogP contribution in [0.15, 0.2) is 18.2 Å². The van der Waals surface area contributed by atoms with E-state index in [0.29, 0.717) is 12.7 Å². The molecule has 0 radical (unpaired) electrons. The van der Waals surface area contributed by atoms with E-state index in [9.17, 15) is 5.11 Å². The smallest absolute Gasteiger partial charge is 0.129 e. The number of aliphatic hydroxyl groups excluding tert-OH is 1. The second-order valence-electron chi connectivity index (χ2n) is 5.70. The van der Waals surface area contributed by atoms with Gasteiger partial charge in [-0.2, -0.15) is 0 Å². The molecule has 3 rings (SSSR count). The predicted octanol–water partition coefficient (Wildman–Crippen LogP) is 3.46. The molecule has 0 bridgehead atoms. The molecule has 0 spiro atoms. The average molecular weight is 262 g/mol. The number of hydrogen-bond acceptors (Lipinski definition) is 3. The first-order valence-electron chi connectivity index (χ1n) is 7.37. The number of rotatable bonds is 3. The van der Waals surface area contributed by atoms with E-state index in [1.807, 2.05) is 18.2 Å². The first-order chi connectivity index (χ1) is 9.26. The SMILES string of the molecule is CCC1CCC(Oc2ccc3c(c2)OCC3O)CC1. The van der Waals surface area contributed by atoms with Gasteiger partial charge in [-0.15, -0.1) is 0 Å². The van der Waals surface area contributed by atoms with Crippen molar-refractivity contribution >= 4 is 0 Å². The molecule has 1 heterocycles. The Morgan fingerprint density at radius 2 is 2.05 bits per heavy atom. The van der Waals surface area contributed by atoms with E-state index >= 15 is 0 Å². The zero-order chi connectivity index (χ0) is 13.2. The van der Waals surface area contributed by atoms with Crippen LogP contribution in [0.5, 0.6) is 11.5 Å². The second kappa shape index (κ2) is 5.41. The van der Waals surface area contributed by atoms with Crippen LogP contribution >= 0.6 is 0 Å². The van der Waals surface area contributed by atoms with Gasteiger partial charge in [0.25, 0.3) is 0 Å². The van der Waals surface area contributed by atoms with Gasteiger partial charge < -0.3 is 14.6 Å². The summed E-state index contributed by atoms with van der Waals surface area (Å²) in [6, 6.07) is 5.78. The van der Waals surface area contributed by atoms with Gasteiger partial charge in [0.2, 0.25) is 0 Å². The molecule has 1 saturated carbocycles. The summed E-state index contributed by atoms with van der Waals surface area (Å²) in [7, 11) is 0. The van der Waals surface area contributed by atoms with Crippen LogP contribution in [0.25, 0.3) is 0 Å². The fourth-order valence-electron chi connectivity index (χ4n) is 3.10. The van der Waals surface area contributed by atoms with Gasteiger partial charge in [-0.3, -0.25) is 0 Å². The van der Waals surface area contributed by atoms with Gasteiger partial charge in [-0.1, -0.05) is 13.3 Å². The number of aliphatic hydroxyl groups is 1. The summed E-state index contributed by atoms with van der Waals surface area (Å²) in [6.45, 7) is 2.63. The van der Waals surface area contributed by atoms with Crippen molar-refractivity contribution < 1.29 is 14.6 Å². The van der Waals surface area contributed by atoms with Crippen LogP contribution in [0, 0.1) is 5.92 Å². The van der Waals surface area contributed by atoms with Gasteiger partial charge in [0.15, 0.2) is 0 Å². The fourth-order valence-corrected chi connectivity index (χ4v) is 3.10. The first kappa shape index (κ1) is 12.8. The lowest BCUT2D eigenvalue weighted by Crippen LogP contribution is -2.23. The van der Waals surface area contributed by atoms with E-state index in [1.54, 1.807) is 0 Å². The number of benzene rings is 1. The van der Waals surface area contributed by atoms with Crippen molar-refractivity contribution in [3.8, 4) is 11.5 Å². The summed E-state index contributed by atoms with van der Waals surface area (Å²) in [6.07, 6.45) is 6.01. The molecule has 1 fully saturated rings. The molecule has 0 aromatic heterocycles. The second-order valence-corrected chi connectivity index (χ2v) is 5.70. The van der Waals surface area contributed by atoms with Crippen molar-refractivity contribution in [1.29, 1.82) is 0 Å². The number of ether oxygens (including phenoxy) is 2. The van der Waals surface area contributed by atoms with E-state index in [0.717, 1.165) is 35.8 Å². The molecule has 0 saturated heterocycles. The molecule has 3 nitrogen and oxygen atoms in total. The number of fused-ring (bicyclic) bond motifs is 1. The third kappa shape index (κ3) is 2.71. The van der Waals surface area contributed by atoms with Crippen LogP contribution in [-0.2, 0) is 0 Å². The van der Waals surface area contributed by atoms with Crippen molar-refractivity contribution in [2.24, 2.45) is 5.92 Å². The molecular weight excluding hydrogens is 240 g/mol. The summed E-state index contributed by atoms with van der Waals surface area (Å²) in [5, 5.41) is 9.68. The summed E-state index contributed by atoms with van der Waals surface area (Å²) in [5.74, 6) is 2.53. The van der Waals surface area contributed by atoms with E-state index in [4.69, 9.17) is 9.47 Å². The Balaban J connectivity index is 1.62. The predicted molar refractivity (Wildman–Crippen MR) is 73.6 cm³/mol. The van der Waals surface area contributed by atoms with Crippen LogP contribution in [0.4, 0.5) is 0 Å². The molecule has 0 amide bonds. The van der Waals surface area contributed by atoms with Crippen molar-refractivity contribution in [2.45, 2.75) is 51.2 Å². The summed E-state index contributed by atoms with van der Waals surface area (Å²) < 4.78 is 11.5. The highest BCUT2D eigenvalue weighted by molar-refractivity contribution is 5.44. The molecule has 1 aliphatic carbocycles. The maximum absolute atomic E-state index is 9.68. The van der Waals surface area contributed by atoms with Crippen molar-refractivity contribution in [1.82, 2.24) is 0 Å². The topological polar surface area (TPSA) is 38.7 Å². The number of hydrogen-bond donors (Lipinski definition) is 1. The zero-order valence-electron chi connectivity index (χ0n) is 11.5. The van der Waals surface area contributed by atoms with E-state index < -0.39 is 6.10 Å². The van der Waals surface area contributed by atoms with E-state index in [-0.39, 0.29) is 0 Å². The van der Waals surface area contributed by atoms with E-state index in [2.05, 4.69) is 6.92 Å². The molecule has 19 heavy (non-hydrogen) atoms. The molecule has 1 unspecified atom stereocenters. The maximum atomic E-state index is 9.68. The van der Waals surface area contributed by atoms with Crippen LogP contribution in [0.1, 0.15) is 50.7 Å². The quantitative estimate of drug-likeness (QED) is 0.906. The monoisotopic (exact) mass is 262 g/mol. The third-order valence-corrected chi connectivity index (χ3v) is 4.41. The molecule has 1 atom stereocenters. The highest BCUT2D eigenvalue weighted by atomic mass is 16.5. The lowest BCUT2D eigenvalue weighted by molar-refractivity contribution is 0.129. The molecule has 1 aromatic rings. The average Bonchev–Trinajstić information content (AvgIpc) is 2.81. The van der Waals surface area contributed by atoms with Crippen molar-refractivity contribution in [3.05, 3.63) is 23.8 Å². The molecule has 1 aromatic carbocycles. The van der Waals surface area contributed by atoms with Crippen LogP contribution in [-0.4, -0.2) is 17.8 Å². The van der Waals surface area contributed by atoms with Crippen LogP contribution in [0.3, 0.4) is 0 Å². The highest BCUT2D eigenvalue weighted by Gasteiger charge is 2.24. The zero-order valence-corrected chi connectivity index (χ0v) is 11.5. The van der Waals surface area contributed by atoms with Gasteiger partial charge in [-0.05, 0) is 43.7 Å². The minimum absolute atomic E-state index is 0.340. The van der Waals surface area contributed by atoms with Gasteiger partial charge in [0.1, 0.15) is 24.2 Å². The molecular formula is C16H22O3. The Hall–Kier alpha value is -1.22. The Morgan fingerprint density at radius 3 is 2.79 bits per heavy atom. The Kier molecular flexibility index (Phi) is 3.65. The van der Waals surface area contributed by atoms with E-state index in [1.165, 1.54) is 19.3 Å².